The molecule has 0 spiro atoms. The Morgan fingerprint density at radius 2 is 1.40 bits per heavy atom. The molecule has 0 bridgehead atoms. The van der Waals surface area contributed by atoms with E-state index in [-0.39, 0.29) is 23.2 Å². The number of Topliss-reactive ketones (excluding diaryl/α,β-unsaturated/α-hetero) is 1. The lowest BCUT2D eigenvalue weighted by atomic mass is 9.70. The molecule has 0 aliphatic heterocycles. The molecule has 5 heteroatoms. The van der Waals surface area contributed by atoms with Crippen molar-refractivity contribution in [1.82, 2.24) is 0 Å². The van der Waals surface area contributed by atoms with Crippen molar-refractivity contribution in [3.8, 4) is 0 Å². The van der Waals surface area contributed by atoms with Gasteiger partial charge < -0.3 is 0 Å². The SMILES string of the molecule is CC[C@@H](c1ccccc1)[C@@H](C(=O)c1ccccc1)[C@H](C[N+](=O)[O-])c1ccc(Cl)cc1. The van der Waals surface area contributed by atoms with Crippen LogP contribution in [0.3, 0.4) is 0 Å². The average Bonchev–Trinajstić information content (AvgIpc) is 2.77. The zero-order chi connectivity index (χ0) is 21.5. The van der Waals surface area contributed by atoms with Crippen LogP contribution < -0.4 is 0 Å². The number of carbonyl (C=O) groups excluding carboxylic acids is 1. The number of nitro groups is 1. The Labute approximate surface area is 181 Å². The van der Waals surface area contributed by atoms with Crippen LogP contribution in [0.4, 0.5) is 0 Å². The molecule has 0 aliphatic rings. The molecule has 0 heterocycles. The third-order valence-electron chi connectivity index (χ3n) is 5.54. The lowest BCUT2D eigenvalue weighted by molar-refractivity contribution is -0.484. The Kier molecular flexibility index (Phi) is 7.36. The second kappa shape index (κ2) is 10.2. The van der Waals surface area contributed by atoms with Crippen LogP contribution in [0.2, 0.25) is 5.02 Å². The summed E-state index contributed by atoms with van der Waals surface area (Å²) in [4.78, 5) is 25.0. The van der Waals surface area contributed by atoms with Crippen molar-refractivity contribution < 1.29 is 9.72 Å². The minimum atomic E-state index is -0.577. The van der Waals surface area contributed by atoms with E-state index in [4.69, 9.17) is 11.6 Å². The Balaban J connectivity index is 2.15. The van der Waals surface area contributed by atoms with Gasteiger partial charge in [-0.15, -0.1) is 0 Å². The van der Waals surface area contributed by atoms with Crippen LogP contribution >= 0.6 is 11.6 Å². The first-order chi connectivity index (χ1) is 14.5. The molecule has 0 aromatic heterocycles. The van der Waals surface area contributed by atoms with Crippen LogP contribution in [0, 0.1) is 16.0 Å². The molecule has 3 aromatic rings. The van der Waals surface area contributed by atoms with E-state index in [1.807, 2.05) is 55.5 Å². The molecule has 30 heavy (non-hydrogen) atoms. The summed E-state index contributed by atoms with van der Waals surface area (Å²) in [6.07, 6.45) is 0.690. The van der Waals surface area contributed by atoms with E-state index in [1.165, 1.54) is 0 Å². The minimum absolute atomic E-state index is 0.0758. The third-order valence-corrected chi connectivity index (χ3v) is 5.79. The Bertz CT molecular complexity index is 974. The van der Waals surface area contributed by atoms with Crippen LogP contribution in [0.5, 0.6) is 0 Å². The van der Waals surface area contributed by atoms with E-state index in [1.54, 1.807) is 36.4 Å². The first-order valence-corrected chi connectivity index (χ1v) is 10.4. The van der Waals surface area contributed by atoms with Crippen molar-refractivity contribution in [3.63, 3.8) is 0 Å². The predicted octanol–water partition coefficient (Wildman–Crippen LogP) is 6.39. The molecule has 0 amide bonds. The number of hydrogen-bond donors (Lipinski definition) is 0. The summed E-state index contributed by atoms with van der Waals surface area (Å²) in [6, 6.07) is 25.8. The maximum absolute atomic E-state index is 13.7. The first kappa shape index (κ1) is 21.7. The van der Waals surface area contributed by atoms with Gasteiger partial charge in [0.25, 0.3) is 0 Å². The number of halogens is 1. The van der Waals surface area contributed by atoms with Crippen LogP contribution in [0.25, 0.3) is 0 Å². The highest BCUT2D eigenvalue weighted by molar-refractivity contribution is 6.30. The molecule has 0 saturated carbocycles. The number of carbonyl (C=O) groups is 1. The van der Waals surface area contributed by atoms with Gasteiger partial charge in [0, 0.05) is 21.4 Å². The molecule has 3 rings (SSSR count). The van der Waals surface area contributed by atoms with Gasteiger partial charge in [0.1, 0.15) is 0 Å². The van der Waals surface area contributed by atoms with Crippen LogP contribution in [-0.4, -0.2) is 17.3 Å². The van der Waals surface area contributed by atoms with Crippen molar-refractivity contribution >= 4 is 17.4 Å². The van der Waals surface area contributed by atoms with E-state index < -0.39 is 11.8 Å². The van der Waals surface area contributed by atoms with Crippen molar-refractivity contribution in [3.05, 3.63) is 117 Å². The zero-order valence-electron chi connectivity index (χ0n) is 16.8. The van der Waals surface area contributed by atoms with Crippen LogP contribution in [-0.2, 0) is 0 Å². The lowest BCUT2D eigenvalue weighted by Gasteiger charge is -2.31. The number of ketones is 1. The molecule has 0 unspecified atom stereocenters. The van der Waals surface area contributed by atoms with E-state index >= 15 is 0 Å². The quantitative estimate of drug-likeness (QED) is 0.228. The monoisotopic (exact) mass is 421 g/mol. The summed E-state index contributed by atoms with van der Waals surface area (Å²) in [7, 11) is 0. The Morgan fingerprint density at radius 1 is 0.867 bits per heavy atom. The van der Waals surface area contributed by atoms with E-state index in [2.05, 4.69) is 0 Å². The second-order valence-corrected chi connectivity index (χ2v) is 7.79. The number of rotatable bonds is 9. The molecule has 0 N–H and O–H groups in total. The van der Waals surface area contributed by atoms with Gasteiger partial charge in [-0.3, -0.25) is 14.9 Å². The minimum Gasteiger partial charge on any atom is -0.294 e. The molecular formula is C25H24ClNO3. The van der Waals surface area contributed by atoms with Crippen molar-refractivity contribution in [2.45, 2.75) is 25.2 Å². The largest absolute Gasteiger partial charge is 0.294 e. The van der Waals surface area contributed by atoms with Crippen molar-refractivity contribution in [2.75, 3.05) is 6.54 Å². The van der Waals surface area contributed by atoms with Gasteiger partial charge in [0.05, 0.1) is 5.92 Å². The van der Waals surface area contributed by atoms with Crippen LogP contribution in [0.1, 0.15) is 46.7 Å². The standard InChI is InChI=1S/C25H24ClNO3/c1-2-22(18-9-5-3-6-10-18)24(25(28)20-11-7-4-8-12-20)23(17-27(29)30)19-13-15-21(26)16-14-19/h3-16,22-24H,2,17H2,1H3/t22-,23+,24+/m0/s1. The van der Waals surface area contributed by atoms with Gasteiger partial charge in [-0.05, 0) is 35.6 Å². The highest BCUT2D eigenvalue weighted by Gasteiger charge is 2.39. The molecule has 154 valence electrons. The predicted molar refractivity (Wildman–Crippen MR) is 120 cm³/mol. The van der Waals surface area contributed by atoms with Gasteiger partial charge >= 0.3 is 0 Å². The summed E-state index contributed by atoms with van der Waals surface area (Å²) >= 11 is 6.05. The molecular weight excluding hydrogens is 398 g/mol. The van der Waals surface area contributed by atoms with Gasteiger partial charge in [-0.2, -0.15) is 0 Å². The highest BCUT2D eigenvalue weighted by atomic mass is 35.5. The summed E-state index contributed by atoms with van der Waals surface area (Å²) in [6.45, 7) is 1.70. The lowest BCUT2D eigenvalue weighted by Crippen LogP contribution is -2.32. The molecule has 0 aliphatic carbocycles. The summed E-state index contributed by atoms with van der Waals surface area (Å²) in [5, 5.41) is 12.2. The van der Waals surface area contributed by atoms with Crippen molar-refractivity contribution in [2.24, 2.45) is 5.92 Å². The fraction of sp³-hybridized carbons (Fsp3) is 0.240. The van der Waals surface area contributed by atoms with Gasteiger partial charge in [-0.25, -0.2) is 0 Å². The summed E-state index contributed by atoms with van der Waals surface area (Å²) < 4.78 is 0. The molecule has 3 aromatic carbocycles. The fourth-order valence-electron chi connectivity index (χ4n) is 4.13. The van der Waals surface area contributed by atoms with Gasteiger partial charge in [0.2, 0.25) is 6.54 Å². The number of nitrogens with zero attached hydrogens (tertiary/aromatic N) is 1. The van der Waals surface area contributed by atoms with E-state index in [9.17, 15) is 14.9 Å². The fourth-order valence-corrected chi connectivity index (χ4v) is 4.26. The maximum atomic E-state index is 13.7. The van der Waals surface area contributed by atoms with Crippen molar-refractivity contribution in [1.29, 1.82) is 0 Å². The third kappa shape index (κ3) is 5.14. The van der Waals surface area contributed by atoms with E-state index in [0.29, 0.717) is 17.0 Å². The topological polar surface area (TPSA) is 60.2 Å². The Hall–Kier alpha value is -2.98. The molecule has 3 atom stereocenters. The van der Waals surface area contributed by atoms with Gasteiger partial charge in [0.15, 0.2) is 5.78 Å². The number of hydrogen-bond acceptors (Lipinski definition) is 3. The zero-order valence-corrected chi connectivity index (χ0v) is 17.5. The second-order valence-electron chi connectivity index (χ2n) is 7.35. The molecule has 4 nitrogen and oxygen atoms in total. The molecule has 0 radical (unpaired) electrons. The Morgan fingerprint density at radius 3 is 1.93 bits per heavy atom. The highest BCUT2D eigenvalue weighted by Crippen LogP contribution is 2.40. The van der Waals surface area contributed by atoms with Crippen LogP contribution in [0.15, 0.2) is 84.9 Å². The maximum Gasteiger partial charge on any atom is 0.211 e. The normalized spacial score (nSPS) is 13.9. The summed E-state index contributed by atoms with van der Waals surface area (Å²) in [5.41, 5.74) is 2.33. The number of benzene rings is 3. The molecule has 0 saturated heterocycles. The first-order valence-electron chi connectivity index (χ1n) is 10.0. The molecule has 0 fully saturated rings. The van der Waals surface area contributed by atoms with Gasteiger partial charge in [-0.1, -0.05) is 91.3 Å². The average molecular weight is 422 g/mol. The van der Waals surface area contributed by atoms with E-state index in [0.717, 1.165) is 11.1 Å². The summed E-state index contributed by atoms with van der Waals surface area (Å²) in [5.74, 6) is -1.38. The smallest absolute Gasteiger partial charge is 0.211 e.